The van der Waals surface area contributed by atoms with Gasteiger partial charge in [-0.3, -0.25) is 0 Å². The van der Waals surface area contributed by atoms with Crippen molar-refractivity contribution in [2.24, 2.45) is 0 Å². The molecule has 1 aromatic rings. The van der Waals surface area contributed by atoms with Crippen LogP contribution in [0.3, 0.4) is 0 Å². The highest BCUT2D eigenvalue weighted by Crippen LogP contribution is 2.33. The van der Waals surface area contributed by atoms with Gasteiger partial charge in [-0.15, -0.1) is 11.6 Å². The van der Waals surface area contributed by atoms with E-state index in [4.69, 9.17) is 16.3 Å². The lowest BCUT2D eigenvalue weighted by atomic mass is 10.1. The van der Waals surface area contributed by atoms with Gasteiger partial charge in [0.05, 0.1) is 13.0 Å². The number of hydrogen-bond donors (Lipinski definition) is 0. The van der Waals surface area contributed by atoms with Crippen LogP contribution in [0.15, 0.2) is 6.20 Å². The highest BCUT2D eigenvalue weighted by atomic mass is 127. The lowest BCUT2D eigenvalue weighted by Gasteiger charge is -2.11. The van der Waals surface area contributed by atoms with E-state index in [1.165, 1.54) is 13.3 Å². The Morgan fingerprint density at radius 1 is 1.64 bits per heavy atom. The Morgan fingerprint density at radius 2 is 2.29 bits per heavy atom. The van der Waals surface area contributed by atoms with E-state index in [2.05, 4.69) is 4.98 Å². The third kappa shape index (κ3) is 2.25. The molecule has 1 heterocycles. The van der Waals surface area contributed by atoms with E-state index in [1.54, 1.807) is 22.6 Å². The average Bonchev–Trinajstić information content (AvgIpc) is 2.16. The quantitative estimate of drug-likeness (QED) is 0.625. The summed E-state index contributed by atoms with van der Waals surface area (Å²) >= 11 is 7.38. The molecule has 0 spiro atoms. The first kappa shape index (κ1) is 11.9. The minimum atomic E-state index is -2.56. The van der Waals surface area contributed by atoms with Gasteiger partial charge in [0.2, 0.25) is 5.88 Å². The third-order valence-corrected chi connectivity index (χ3v) is 2.81. The Morgan fingerprint density at radius 3 is 2.71 bits per heavy atom. The minimum absolute atomic E-state index is 0.0350. The van der Waals surface area contributed by atoms with E-state index in [0.717, 1.165) is 0 Å². The van der Waals surface area contributed by atoms with Crippen LogP contribution < -0.4 is 4.74 Å². The lowest BCUT2D eigenvalue weighted by molar-refractivity contribution is 0.148. The number of aromatic nitrogens is 1. The van der Waals surface area contributed by atoms with Gasteiger partial charge in [-0.2, -0.15) is 0 Å². The first-order valence-electron chi connectivity index (χ1n) is 3.67. The second-order valence-electron chi connectivity index (χ2n) is 2.44. The van der Waals surface area contributed by atoms with Crippen molar-refractivity contribution in [1.29, 1.82) is 0 Å². The normalized spacial score (nSPS) is 10.7. The van der Waals surface area contributed by atoms with E-state index >= 15 is 0 Å². The van der Waals surface area contributed by atoms with Crippen molar-refractivity contribution in [2.75, 3.05) is 7.11 Å². The van der Waals surface area contributed by atoms with Crippen LogP contribution in [0.1, 0.15) is 17.6 Å². The first-order chi connectivity index (χ1) is 6.61. The molecule has 6 heteroatoms. The Bertz CT molecular complexity index is 335. The van der Waals surface area contributed by atoms with Gasteiger partial charge in [-0.25, -0.2) is 13.8 Å². The van der Waals surface area contributed by atoms with Crippen molar-refractivity contribution < 1.29 is 13.5 Å². The van der Waals surface area contributed by atoms with Crippen LogP contribution in [0.4, 0.5) is 8.78 Å². The second kappa shape index (κ2) is 5.06. The molecule has 1 aromatic heterocycles. The predicted octanol–water partition coefficient (Wildman–Crippen LogP) is 3.37. The summed E-state index contributed by atoms with van der Waals surface area (Å²) in [5.74, 6) is 0.128. The van der Waals surface area contributed by atoms with Crippen LogP contribution in [0.25, 0.3) is 0 Å². The van der Waals surface area contributed by atoms with Crippen LogP contribution in [-0.4, -0.2) is 12.1 Å². The SMILES string of the molecule is COc1ncc(I)c(C(F)F)c1CCl. The summed E-state index contributed by atoms with van der Waals surface area (Å²) in [6.45, 7) is 0. The van der Waals surface area contributed by atoms with Crippen LogP contribution in [-0.2, 0) is 5.88 Å². The first-order valence-corrected chi connectivity index (χ1v) is 5.28. The fourth-order valence-electron chi connectivity index (χ4n) is 1.06. The Balaban J connectivity index is 3.35. The second-order valence-corrected chi connectivity index (χ2v) is 3.87. The molecular weight excluding hydrogens is 326 g/mol. The molecule has 0 unspecified atom stereocenters. The monoisotopic (exact) mass is 333 g/mol. The summed E-state index contributed by atoms with van der Waals surface area (Å²) in [6, 6.07) is 0. The van der Waals surface area contributed by atoms with E-state index < -0.39 is 6.43 Å². The van der Waals surface area contributed by atoms with Gasteiger partial charge in [0, 0.05) is 20.9 Å². The maximum Gasteiger partial charge on any atom is 0.265 e. The highest BCUT2D eigenvalue weighted by Gasteiger charge is 2.20. The number of rotatable bonds is 3. The minimum Gasteiger partial charge on any atom is -0.481 e. The van der Waals surface area contributed by atoms with E-state index in [9.17, 15) is 8.78 Å². The van der Waals surface area contributed by atoms with Crippen LogP contribution in [0, 0.1) is 3.57 Å². The summed E-state index contributed by atoms with van der Waals surface area (Å²) in [5.41, 5.74) is 0.170. The van der Waals surface area contributed by atoms with E-state index in [1.807, 2.05) is 0 Å². The van der Waals surface area contributed by atoms with Gasteiger partial charge in [0.15, 0.2) is 0 Å². The van der Waals surface area contributed by atoms with E-state index in [-0.39, 0.29) is 22.9 Å². The number of ether oxygens (including phenoxy) is 1. The Hall–Kier alpha value is -0.170. The predicted molar refractivity (Wildman–Crippen MR) is 58.0 cm³/mol. The lowest BCUT2D eigenvalue weighted by Crippen LogP contribution is -2.02. The smallest absolute Gasteiger partial charge is 0.265 e. The fraction of sp³-hybridized carbons (Fsp3) is 0.375. The van der Waals surface area contributed by atoms with Crippen LogP contribution in [0.5, 0.6) is 5.88 Å². The topological polar surface area (TPSA) is 22.1 Å². The van der Waals surface area contributed by atoms with Crippen LogP contribution in [0.2, 0.25) is 0 Å². The van der Waals surface area contributed by atoms with Gasteiger partial charge >= 0.3 is 0 Å². The van der Waals surface area contributed by atoms with Crippen molar-refractivity contribution in [3.05, 3.63) is 20.9 Å². The number of nitrogens with zero attached hydrogens (tertiary/aromatic N) is 1. The molecule has 2 nitrogen and oxygen atoms in total. The van der Waals surface area contributed by atoms with Crippen molar-refractivity contribution in [2.45, 2.75) is 12.3 Å². The summed E-state index contributed by atoms with van der Waals surface area (Å²) in [6.07, 6.45) is -1.22. The maximum atomic E-state index is 12.6. The molecule has 0 bridgehead atoms. The number of halogens is 4. The zero-order valence-electron chi connectivity index (χ0n) is 7.23. The third-order valence-electron chi connectivity index (χ3n) is 1.68. The molecule has 0 aliphatic heterocycles. The molecular formula is C8H7ClF2INO. The van der Waals surface area contributed by atoms with Gasteiger partial charge in [0.1, 0.15) is 0 Å². The number of hydrogen-bond acceptors (Lipinski definition) is 2. The maximum absolute atomic E-state index is 12.6. The van der Waals surface area contributed by atoms with E-state index in [0.29, 0.717) is 3.57 Å². The molecule has 0 atom stereocenters. The average molecular weight is 334 g/mol. The summed E-state index contributed by atoms with van der Waals surface area (Å²) in [4.78, 5) is 3.86. The van der Waals surface area contributed by atoms with Crippen molar-refractivity contribution in [3.8, 4) is 5.88 Å². The molecule has 0 aliphatic rings. The summed E-state index contributed by atoms with van der Waals surface area (Å²) in [5, 5.41) is 0. The molecule has 0 radical (unpaired) electrons. The molecule has 0 aromatic carbocycles. The zero-order valence-corrected chi connectivity index (χ0v) is 10.1. The van der Waals surface area contributed by atoms with Gasteiger partial charge < -0.3 is 4.74 Å². The number of pyridine rings is 1. The number of alkyl halides is 3. The molecule has 0 amide bonds. The molecule has 0 saturated carbocycles. The number of methoxy groups -OCH3 is 1. The summed E-state index contributed by atoms with van der Waals surface area (Å²) < 4.78 is 30.5. The van der Waals surface area contributed by atoms with Crippen LogP contribution >= 0.6 is 34.2 Å². The highest BCUT2D eigenvalue weighted by molar-refractivity contribution is 14.1. The van der Waals surface area contributed by atoms with Crippen molar-refractivity contribution in [1.82, 2.24) is 4.98 Å². The zero-order chi connectivity index (χ0) is 10.7. The van der Waals surface area contributed by atoms with Crippen molar-refractivity contribution in [3.63, 3.8) is 0 Å². The molecule has 0 N–H and O–H groups in total. The molecule has 14 heavy (non-hydrogen) atoms. The largest absolute Gasteiger partial charge is 0.481 e. The molecule has 78 valence electrons. The van der Waals surface area contributed by atoms with Gasteiger partial charge in [-0.05, 0) is 22.6 Å². The molecule has 1 rings (SSSR count). The standard InChI is InChI=1S/C8H7ClF2INO/c1-14-8-4(2-9)6(7(10)11)5(12)3-13-8/h3,7H,2H2,1H3. The summed E-state index contributed by atoms with van der Waals surface area (Å²) in [7, 11) is 1.38. The van der Waals surface area contributed by atoms with Gasteiger partial charge in [0.25, 0.3) is 6.43 Å². The van der Waals surface area contributed by atoms with Crippen molar-refractivity contribution >= 4 is 34.2 Å². The molecule has 0 saturated heterocycles. The molecule has 0 fully saturated rings. The Labute approximate surface area is 98.8 Å². The fourth-order valence-corrected chi connectivity index (χ4v) is 2.02. The Kier molecular flexibility index (Phi) is 4.31. The van der Waals surface area contributed by atoms with Gasteiger partial charge in [-0.1, -0.05) is 0 Å². The molecule has 0 aliphatic carbocycles.